The van der Waals surface area contributed by atoms with Crippen LogP contribution in [0, 0.1) is 17.2 Å². The molecule has 0 saturated heterocycles. The second-order valence-electron chi connectivity index (χ2n) is 9.16. The van der Waals surface area contributed by atoms with Crippen molar-refractivity contribution in [3.63, 3.8) is 0 Å². The molecule has 0 bridgehead atoms. The summed E-state index contributed by atoms with van der Waals surface area (Å²) in [6, 6.07) is 10.4. The maximum absolute atomic E-state index is 13.3. The third-order valence-corrected chi connectivity index (χ3v) is 6.68. The molecule has 0 spiro atoms. The van der Waals surface area contributed by atoms with Crippen LogP contribution in [0.1, 0.15) is 40.9 Å². The lowest BCUT2D eigenvalue weighted by atomic mass is 9.96. The van der Waals surface area contributed by atoms with E-state index in [1.807, 2.05) is 18.2 Å². The maximum atomic E-state index is 13.3. The van der Waals surface area contributed by atoms with Crippen molar-refractivity contribution in [3.8, 4) is 11.8 Å². The molecule has 0 radical (unpaired) electrons. The number of amides is 2. The number of carbonyl (C=O) groups excluding carboxylic acids is 2. The molecule has 2 aliphatic rings. The van der Waals surface area contributed by atoms with Crippen LogP contribution in [-0.2, 0) is 17.6 Å². The minimum absolute atomic E-state index is 0.132. The van der Waals surface area contributed by atoms with Crippen molar-refractivity contribution in [2.45, 2.75) is 43.7 Å². The predicted octanol–water partition coefficient (Wildman–Crippen LogP) is 1.94. The van der Waals surface area contributed by atoms with Crippen LogP contribution >= 0.6 is 0 Å². The molecule has 1 fully saturated rings. The van der Waals surface area contributed by atoms with E-state index in [-0.39, 0.29) is 18.4 Å². The van der Waals surface area contributed by atoms with E-state index in [0.717, 1.165) is 29.3 Å². The third-order valence-electron chi connectivity index (χ3n) is 6.68. The van der Waals surface area contributed by atoms with E-state index in [2.05, 4.69) is 26.7 Å². The summed E-state index contributed by atoms with van der Waals surface area (Å²) in [5, 5.41) is 16.4. The predicted molar refractivity (Wildman–Crippen MR) is 124 cm³/mol. The van der Waals surface area contributed by atoms with Gasteiger partial charge in [-0.2, -0.15) is 5.26 Å². The van der Waals surface area contributed by atoms with E-state index in [1.54, 1.807) is 25.4 Å². The number of aromatic amines is 2. The van der Waals surface area contributed by atoms with E-state index in [4.69, 9.17) is 4.74 Å². The number of rotatable bonds is 7. The van der Waals surface area contributed by atoms with Crippen LogP contribution in [0.2, 0.25) is 0 Å². The van der Waals surface area contributed by atoms with Crippen LogP contribution in [0.4, 0.5) is 0 Å². The second-order valence-corrected chi connectivity index (χ2v) is 9.16. The Bertz CT molecular complexity index is 1380. The summed E-state index contributed by atoms with van der Waals surface area (Å²) in [6.07, 6.45) is 4.44. The molecule has 9 heteroatoms. The topological polar surface area (TPSA) is 140 Å². The Morgan fingerprint density at radius 1 is 1.29 bits per heavy atom. The highest BCUT2D eigenvalue weighted by molar-refractivity contribution is 6.01. The van der Waals surface area contributed by atoms with Crippen LogP contribution in [0.15, 0.2) is 41.3 Å². The number of methoxy groups -OCH3 is 1. The van der Waals surface area contributed by atoms with Crippen molar-refractivity contribution < 1.29 is 14.3 Å². The van der Waals surface area contributed by atoms with Crippen molar-refractivity contribution in [2.24, 2.45) is 5.92 Å². The molecule has 2 aromatic heterocycles. The van der Waals surface area contributed by atoms with Gasteiger partial charge in [-0.1, -0.05) is 18.9 Å². The highest BCUT2D eigenvalue weighted by Gasteiger charge is 2.42. The molecule has 2 unspecified atom stereocenters. The van der Waals surface area contributed by atoms with Gasteiger partial charge in [0.1, 0.15) is 23.0 Å². The summed E-state index contributed by atoms with van der Waals surface area (Å²) in [5.41, 5.74) is 0.878. The van der Waals surface area contributed by atoms with Gasteiger partial charge in [-0.15, -0.1) is 0 Å². The van der Waals surface area contributed by atoms with Gasteiger partial charge in [-0.3, -0.25) is 14.4 Å². The number of hydrogen-bond acceptors (Lipinski definition) is 5. The zero-order valence-electron chi connectivity index (χ0n) is 18.7. The largest absolute Gasteiger partial charge is 0.496 e. The van der Waals surface area contributed by atoms with Gasteiger partial charge < -0.3 is 25.3 Å². The molecule has 9 nitrogen and oxygen atoms in total. The van der Waals surface area contributed by atoms with Gasteiger partial charge in [-0.05, 0) is 42.2 Å². The number of ether oxygens (including phenoxy) is 1. The molecule has 0 aliphatic heterocycles. The van der Waals surface area contributed by atoms with Gasteiger partial charge in [-0.25, -0.2) is 0 Å². The quantitative estimate of drug-likeness (QED) is 0.428. The fourth-order valence-corrected chi connectivity index (χ4v) is 4.70. The molecule has 174 valence electrons. The van der Waals surface area contributed by atoms with Crippen molar-refractivity contribution in [2.75, 3.05) is 7.11 Å². The molecule has 2 aliphatic carbocycles. The van der Waals surface area contributed by atoms with E-state index < -0.39 is 23.4 Å². The first kappa shape index (κ1) is 21.8. The van der Waals surface area contributed by atoms with Gasteiger partial charge >= 0.3 is 0 Å². The van der Waals surface area contributed by atoms with E-state index in [9.17, 15) is 19.6 Å². The first-order valence-corrected chi connectivity index (χ1v) is 11.3. The van der Waals surface area contributed by atoms with Crippen molar-refractivity contribution >= 4 is 22.7 Å². The van der Waals surface area contributed by atoms with Gasteiger partial charge in [0.25, 0.3) is 11.5 Å². The summed E-state index contributed by atoms with van der Waals surface area (Å²) < 4.78 is 5.36. The summed E-state index contributed by atoms with van der Waals surface area (Å²) in [4.78, 5) is 44.2. The monoisotopic (exact) mass is 459 g/mol. The number of nitriles is 1. The number of hydrogen-bond donors (Lipinski definition) is 4. The molecule has 2 amide bonds. The summed E-state index contributed by atoms with van der Waals surface area (Å²) >= 11 is 0. The molecule has 34 heavy (non-hydrogen) atoms. The SMILES string of the molecule is COc1cccc2[nH]c(C(=O)NC(CC3CC3)C(=O)NC3(C#N)Cc4cc[nH]c(=O)c4C3)cc12. The Morgan fingerprint density at radius 3 is 2.82 bits per heavy atom. The van der Waals surface area contributed by atoms with Crippen molar-refractivity contribution in [1.29, 1.82) is 5.26 Å². The molecule has 4 N–H and O–H groups in total. The van der Waals surface area contributed by atoms with E-state index >= 15 is 0 Å². The number of carbonyl (C=O) groups is 2. The Hall–Kier alpha value is -4.06. The number of H-pyrrole nitrogens is 2. The minimum Gasteiger partial charge on any atom is -0.496 e. The summed E-state index contributed by atoms with van der Waals surface area (Å²) in [7, 11) is 1.57. The summed E-state index contributed by atoms with van der Waals surface area (Å²) in [6.45, 7) is 0. The highest BCUT2D eigenvalue weighted by atomic mass is 16.5. The second kappa shape index (κ2) is 8.37. The van der Waals surface area contributed by atoms with Crippen LogP contribution < -0.4 is 20.9 Å². The fourth-order valence-electron chi connectivity index (χ4n) is 4.70. The normalized spacial score (nSPS) is 19.8. The number of benzene rings is 1. The van der Waals surface area contributed by atoms with Gasteiger partial charge in [0, 0.05) is 35.5 Å². The smallest absolute Gasteiger partial charge is 0.268 e. The Kier molecular flexibility index (Phi) is 5.36. The molecule has 2 heterocycles. The van der Waals surface area contributed by atoms with Gasteiger partial charge in [0.2, 0.25) is 5.91 Å². The van der Waals surface area contributed by atoms with Crippen LogP contribution in [0.25, 0.3) is 10.9 Å². The molecule has 3 aromatic rings. The molecule has 1 saturated carbocycles. The number of nitrogens with zero attached hydrogens (tertiary/aromatic N) is 1. The number of pyridine rings is 1. The average Bonchev–Trinajstić information content (AvgIpc) is 3.40. The van der Waals surface area contributed by atoms with E-state index in [1.165, 1.54) is 0 Å². The average molecular weight is 460 g/mol. The molecular formula is C25H25N5O4. The number of fused-ring (bicyclic) bond motifs is 2. The summed E-state index contributed by atoms with van der Waals surface area (Å²) in [5.74, 6) is 0.184. The molecular weight excluding hydrogens is 434 g/mol. The first-order chi connectivity index (χ1) is 16.4. The Morgan fingerprint density at radius 2 is 2.12 bits per heavy atom. The lowest BCUT2D eigenvalue weighted by molar-refractivity contribution is -0.124. The van der Waals surface area contributed by atoms with Crippen LogP contribution in [-0.4, -0.2) is 40.5 Å². The molecule has 2 atom stereocenters. The standard InChI is InChI=1S/C25H25N5O4/c1-34-21-4-2-3-18-16(21)10-20(28-18)23(32)29-19(9-14-5-6-14)24(33)30-25(13-26)11-15-7-8-27-22(31)17(15)12-25/h2-4,7-8,10,14,19,28H,5-6,9,11-12H2,1H3,(H,27,31)(H,29,32)(H,30,33). The van der Waals surface area contributed by atoms with Gasteiger partial charge in [0.15, 0.2) is 0 Å². The maximum Gasteiger partial charge on any atom is 0.268 e. The Balaban J connectivity index is 1.35. The van der Waals surface area contributed by atoms with Crippen molar-refractivity contribution in [1.82, 2.24) is 20.6 Å². The molecule has 1 aromatic carbocycles. The zero-order chi connectivity index (χ0) is 23.9. The zero-order valence-corrected chi connectivity index (χ0v) is 18.7. The highest BCUT2D eigenvalue weighted by Crippen LogP contribution is 2.34. The first-order valence-electron chi connectivity index (χ1n) is 11.3. The minimum atomic E-state index is -1.21. The Labute approximate surface area is 195 Å². The lowest BCUT2D eigenvalue weighted by Crippen LogP contribution is -2.56. The van der Waals surface area contributed by atoms with Crippen LogP contribution in [0.5, 0.6) is 5.75 Å². The fraction of sp³-hybridized carbons (Fsp3) is 0.360. The van der Waals surface area contributed by atoms with Crippen LogP contribution in [0.3, 0.4) is 0 Å². The number of nitrogens with one attached hydrogen (secondary N) is 4. The third kappa shape index (κ3) is 4.03. The lowest BCUT2D eigenvalue weighted by Gasteiger charge is -2.26. The number of aromatic nitrogens is 2. The van der Waals surface area contributed by atoms with Crippen molar-refractivity contribution in [3.05, 3.63) is 63.7 Å². The van der Waals surface area contributed by atoms with E-state index in [0.29, 0.717) is 29.3 Å². The van der Waals surface area contributed by atoms with Gasteiger partial charge in [0.05, 0.1) is 13.2 Å². The molecule has 5 rings (SSSR count).